The van der Waals surface area contributed by atoms with Crippen molar-refractivity contribution in [2.45, 2.75) is 6.42 Å². The molecule has 0 bridgehead atoms. The molecule has 0 fully saturated rings. The van der Waals surface area contributed by atoms with Gasteiger partial charge in [0.15, 0.2) is 5.82 Å². The SMILES string of the molecule is COc1ccc(C(=O)NCCc2ncn(C)n2)cc1N. The molecule has 7 heteroatoms. The third-order valence-electron chi connectivity index (χ3n) is 2.77. The zero-order chi connectivity index (χ0) is 14.5. The highest BCUT2D eigenvalue weighted by Crippen LogP contribution is 2.21. The third kappa shape index (κ3) is 3.25. The quantitative estimate of drug-likeness (QED) is 0.769. The van der Waals surface area contributed by atoms with E-state index >= 15 is 0 Å². The molecule has 1 aromatic heterocycles. The van der Waals surface area contributed by atoms with Crippen molar-refractivity contribution in [3.05, 3.63) is 35.9 Å². The molecule has 2 aromatic rings. The number of amides is 1. The molecule has 3 N–H and O–H groups in total. The van der Waals surface area contributed by atoms with Crippen molar-refractivity contribution < 1.29 is 9.53 Å². The van der Waals surface area contributed by atoms with Gasteiger partial charge in [0.1, 0.15) is 12.1 Å². The molecule has 2 rings (SSSR count). The lowest BCUT2D eigenvalue weighted by Gasteiger charge is -2.07. The van der Waals surface area contributed by atoms with Crippen LogP contribution in [0.1, 0.15) is 16.2 Å². The number of carbonyl (C=O) groups is 1. The lowest BCUT2D eigenvalue weighted by Crippen LogP contribution is -2.26. The van der Waals surface area contributed by atoms with Gasteiger partial charge in [-0.05, 0) is 18.2 Å². The lowest BCUT2D eigenvalue weighted by atomic mass is 10.1. The lowest BCUT2D eigenvalue weighted by molar-refractivity contribution is 0.0954. The summed E-state index contributed by atoms with van der Waals surface area (Å²) in [5.74, 6) is 1.07. The number of aryl methyl sites for hydroxylation is 1. The van der Waals surface area contributed by atoms with Gasteiger partial charge in [-0.3, -0.25) is 9.48 Å². The van der Waals surface area contributed by atoms with E-state index in [0.29, 0.717) is 35.8 Å². The van der Waals surface area contributed by atoms with Crippen LogP contribution in [0, 0.1) is 0 Å². The van der Waals surface area contributed by atoms with E-state index in [-0.39, 0.29) is 5.91 Å². The van der Waals surface area contributed by atoms with E-state index < -0.39 is 0 Å². The molecule has 0 saturated carbocycles. The monoisotopic (exact) mass is 275 g/mol. The van der Waals surface area contributed by atoms with E-state index in [1.54, 1.807) is 36.3 Å². The van der Waals surface area contributed by atoms with E-state index in [9.17, 15) is 4.79 Å². The summed E-state index contributed by atoms with van der Waals surface area (Å²) in [6.07, 6.45) is 2.21. The number of ether oxygens (including phenoxy) is 1. The summed E-state index contributed by atoms with van der Waals surface area (Å²) in [6, 6.07) is 4.93. The Hall–Kier alpha value is -2.57. The van der Waals surface area contributed by atoms with E-state index in [4.69, 9.17) is 10.5 Å². The molecule has 0 aliphatic rings. The maximum absolute atomic E-state index is 11.9. The summed E-state index contributed by atoms with van der Waals surface area (Å²) in [5.41, 5.74) is 6.70. The Morgan fingerprint density at radius 3 is 2.90 bits per heavy atom. The first-order valence-electron chi connectivity index (χ1n) is 6.16. The number of carbonyl (C=O) groups excluding carboxylic acids is 1. The second kappa shape index (κ2) is 6.05. The molecule has 1 aromatic carbocycles. The second-order valence-electron chi connectivity index (χ2n) is 4.30. The molecule has 0 unspecified atom stereocenters. The number of aromatic nitrogens is 3. The van der Waals surface area contributed by atoms with Gasteiger partial charge in [0.2, 0.25) is 0 Å². The number of hydrogen-bond acceptors (Lipinski definition) is 5. The van der Waals surface area contributed by atoms with Crippen molar-refractivity contribution >= 4 is 11.6 Å². The Labute approximate surface area is 116 Å². The molecule has 0 atom stereocenters. The fraction of sp³-hybridized carbons (Fsp3) is 0.308. The molecule has 1 heterocycles. The van der Waals surface area contributed by atoms with Crippen LogP contribution in [-0.4, -0.2) is 34.3 Å². The standard InChI is InChI=1S/C13H17N5O2/c1-18-8-16-12(17-18)5-6-15-13(19)9-3-4-11(20-2)10(14)7-9/h3-4,7-8H,5-6,14H2,1-2H3,(H,15,19). The average molecular weight is 275 g/mol. The Kier molecular flexibility index (Phi) is 4.19. The Balaban J connectivity index is 1.90. The molecule has 0 aliphatic carbocycles. The fourth-order valence-electron chi connectivity index (χ4n) is 1.76. The number of methoxy groups -OCH3 is 1. The molecule has 0 saturated heterocycles. The van der Waals surface area contributed by atoms with Crippen molar-refractivity contribution in [3.8, 4) is 5.75 Å². The number of nitrogens with zero attached hydrogens (tertiary/aromatic N) is 3. The number of nitrogens with two attached hydrogens (primary N) is 1. The molecular weight excluding hydrogens is 258 g/mol. The highest BCUT2D eigenvalue weighted by molar-refractivity contribution is 5.95. The number of hydrogen-bond donors (Lipinski definition) is 2. The maximum atomic E-state index is 11.9. The van der Waals surface area contributed by atoms with E-state index in [1.165, 1.54) is 7.11 Å². The molecule has 0 aliphatic heterocycles. The van der Waals surface area contributed by atoms with Gasteiger partial charge in [-0.2, -0.15) is 5.10 Å². The molecule has 0 spiro atoms. The number of nitrogens with one attached hydrogen (secondary N) is 1. The molecule has 106 valence electrons. The van der Waals surface area contributed by atoms with Gasteiger partial charge in [0, 0.05) is 25.6 Å². The summed E-state index contributed by atoms with van der Waals surface area (Å²) < 4.78 is 6.67. The smallest absolute Gasteiger partial charge is 0.251 e. The molecule has 20 heavy (non-hydrogen) atoms. The van der Waals surface area contributed by atoms with Gasteiger partial charge in [-0.15, -0.1) is 0 Å². The summed E-state index contributed by atoms with van der Waals surface area (Å²) in [4.78, 5) is 16.0. The van der Waals surface area contributed by atoms with Gasteiger partial charge in [0.25, 0.3) is 5.91 Å². The number of benzene rings is 1. The van der Waals surface area contributed by atoms with Crippen molar-refractivity contribution in [1.29, 1.82) is 0 Å². The van der Waals surface area contributed by atoms with Crippen molar-refractivity contribution in [3.63, 3.8) is 0 Å². The van der Waals surface area contributed by atoms with Crippen LogP contribution in [-0.2, 0) is 13.5 Å². The van der Waals surface area contributed by atoms with Crippen LogP contribution in [0.4, 0.5) is 5.69 Å². The summed E-state index contributed by atoms with van der Waals surface area (Å²) >= 11 is 0. The highest BCUT2D eigenvalue weighted by Gasteiger charge is 2.08. The maximum Gasteiger partial charge on any atom is 0.251 e. The molecule has 7 nitrogen and oxygen atoms in total. The highest BCUT2D eigenvalue weighted by atomic mass is 16.5. The van der Waals surface area contributed by atoms with Crippen LogP contribution in [0.15, 0.2) is 24.5 Å². The molecule has 0 radical (unpaired) electrons. The van der Waals surface area contributed by atoms with Crippen molar-refractivity contribution in [1.82, 2.24) is 20.1 Å². The minimum Gasteiger partial charge on any atom is -0.495 e. The largest absolute Gasteiger partial charge is 0.495 e. The first-order chi connectivity index (χ1) is 9.60. The minimum atomic E-state index is -0.185. The average Bonchev–Trinajstić information content (AvgIpc) is 2.84. The second-order valence-corrected chi connectivity index (χ2v) is 4.30. The number of nitrogen functional groups attached to an aromatic ring is 1. The van der Waals surface area contributed by atoms with Crippen molar-refractivity contribution in [2.24, 2.45) is 7.05 Å². The van der Waals surface area contributed by atoms with Crippen LogP contribution in [0.2, 0.25) is 0 Å². The van der Waals surface area contributed by atoms with E-state index in [0.717, 1.165) is 0 Å². The van der Waals surface area contributed by atoms with Gasteiger partial charge >= 0.3 is 0 Å². The Morgan fingerprint density at radius 1 is 1.50 bits per heavy atom. The van der Waals surface area contributed by atoms with Gasteiger partial charge in [-0.25, -0.2) is 4.98 Å². The predicted octanol–water partition coefficient (Wildman–Crippen LogP) is 0.378. The zero-order valence-corrected chi connectivity index (χ0v) is 11.5. The topological polar surface area (TPSA) is 95.1 Å². The van der Waals surface area contributed by atoms with Crippen LogP contribution < -0.4 is 15.8 Å². The van der Waals surface area contributed by atoms with Crippen LogP contribution in [0.5, 0.6) is 5.75 Å². The Bertz CT molecular complexity index is 609. The number of anilines is 1. The van der Waals surface area contributed by atoms with Crippen LogP contribution in [0.25, 0.3) is 0 Å². The summed E-state index contributed by atoms with van der Waals surface area (Å²) in [6.45, 7) is 0.467. The predicted molar refractivity (Wildman–Crippen MR) is 74.4 cm³/mol. The van der Waals surface area contributed by atoms with Gasteiger partial charge in [-0.1, -0.05) is 0 Å². The third-order valence-corrected chi connectivity index (χ3v) is 2.77. The van der Waals surface area contributed by atoms with Gasteiger partial charge < -0.3 is 15.8 Å². The van der Waals surface area contributed by atoms with E-state index in [2.05, 4.69) is 15.4 Å². The van der Waals surface area contributed by atoms with Crippen LogP contribution >= 0.6 is 0 Å². The molecule has 1 amide bonds. The molecular formula is C13H17N5O2. The summed E-state index contributed by atoms with van der Waals surface area (Å²) in [7, 11) is 3.33. The first-order valence-corrected chi connectivity index (χ1v) is 6.16. The van der Waals surface area contributed by atoms with E-state index in [1.807, 2.05) is 0 Å². The normalized spacial score (nSPS) is 10.3. The number of rotatable bonds is 5. The Morgan fingerprint density at radius 2 is 2.30 bits per heavy atom. The van der Waals surface area contributed by atoms with Crippen LogP contribution in [0.3, 0.4) is 0 Å². The van der Waals surface area contributed by atoms with Crippen molar-refractivity contribution in [2.75, 3.05) is 19.4 Å². The zero-order valence-electron chi connectivity index (χ0n) is 11.5. The first kappa shape index (κ1) is 13.9. The minimum absolute atomic E-state index is 0.185. The summed E-state index contributed by atoms with van der Waals surface area (Å²) in [5, 5.41) is 6.93. The van der Waals surface area contributed by atoms with Gasteiger partial charge in [0.05, 0.1) is 12.8 Å². The fourth-order valence-corrected chi connectivity index (χ4v) is 1.76.